The highest BCUT2D eigenvalue weighted by Crippen LogP contribution is 2.27. The van der Waals surface area contributed by atoms with Crippen molar-refractivity contribution >= 4 is 33.5 Å². The van der Waals surface area contributed by atoms with E-state index < -0.39 is 0 Å². The van der Waals surface area contributed by atoms with Gasteiger partial charge in [-0.2, -0.15) is 4.98 Å². The van der Waals surface area contributed by atoms with Crippen LogP contribution in [0, 0.1) is 12.7 Å². The first-order valence-corrected chi connectivity index (χ1v) is 9.79. The number of amides is 1. The van der Waals surface area contributed by atoms with E-state index in [0.717, 1.165) is 36.5 Å². The van der Waals surface area contributed by atoms with Gasteiger partial charge in [-0.05, 0) is 44.4 Å². The molecule has 1 aromatic carbocycles. The zero-order valence-corrected chi connectivity index (χ0v) is 16.0. The molecule has 0 saturated carbocycles. The zero-order chi connectivity index (χ0) is 19.0. The summed E-state index contributed by atoms with van der Waals surface area (Å²) in [7, 11) is 0. The Morgan fingerprint density at radius 3 is 2.78 bits per heavy atom. The van der Waals surface area contributed by atoms with E-state index in [2.05, 4.69) is 20.3 Å². The molecular weight excluding hydrogens is 365 g/mol. The van der Waals surface area contributed by atoms with Crippen molar-refractivity contribution in [2.24, 2.45) is 0 Å². The summed E-state index contributed by atoms with van der Waals surface area (Å²) in [5.41, 5.74) is 1.69. The van der Waals surface area contributed by atoms with Crippen LogP contribution in [-0.2, 0) is 0 Å². The summed E-state index contributed by atoms with van der Waals surface area (Å²) in [5, 5.41) is 4.02. The molecule has 140 valence electrons. The molecule has 1 saturated heterocycles. The number of anilines is 1. The predicted molar refractivity (Wildman–Crippen MR) is 104 cm³/mol. The number of nitrogens with zero attached hydrogens (tertiary/aromatic N) is 4. The van der Waals surface area contributed by atoms with E-state index in [1.165, 1.54) is 23.5 Å². The van der Waals surface area contributed by atoms with E-state index >= 15 is 0 Å². The normalized spacial score (nSPS) is 15.3. The Bertz CT molecular complexity index is 999. The van der Waals surface area contributed by atoms with E-state index in [9.17, 15) is 9.18 Å². The van der Waals surface area contributed by atoms with Crippen molar-refractivity contribution in [1.29, 1.82) is 0 Å². The molecule has 0 aliphatic carbocycles. The number of halogens is 1. The molecule has 2 aromatic heterocycles. The highest BCUT2D eigenvalue weighted by Gasteiger charge is 2.25. The molecule has 0 spiro atoms. The molecule has 0 radical (unpaired) electrons. The number of thiazole rings is 1. The van der Waals surface area contributed by atoms with Crippen molar-refractivity contribution in [3.8, 4) is 0 Å². The topological polar surface area (TPSA) is 71.0 Å². The van der Waals surface area contributed by atoms with Gasteiger partial charge in [0, 0.05) is 13.1 Å². The van der Waals surface area contributed by atoms with Gasteiger partial charge in [-0.15, -0.1) is 11.3 Å². The van der Waals surface area contributed by atoms with Crippen molar-refractivity contribution in [2.45, 2.75) is 32.7 Å². The molecule has 1 N–H and O–H groups in total. The maximum atomic E-state index is 13.5. The Balaban J connectivity index is 1.69. The van der Waals surface area contributed by atoms with Gasteiger partial charge in [-0.3, -0.25) is 4.79 Å². The summed E-state index contributed by atoms with van der Waals surface area (Å²) in [6.45, 7) is 5.30. The van der Waals surface area contributed by atoms with Crippen molar-refractivity contribution in [1.82, 2.24) is 19.9 Å². The molecule has 0 bridgehead atoms. The van der Waals surface area contributed by atoms with Crippen molar-refractivity contribution in [3.63, 3.8) is 0 Å². The number of fused-ring (bicyclic) bond motifs is 1. The fraction of sp³-hybridized carbons (Fsp3) is 0.368. The minimum Gasteiger partial charge on any atom is -0.348 e. The van der Waals surface area contributed by atoms with Gasteiger partial charge in [-0.25, -0.2) is 14.4 Å². The lowest BCUT2D eigenvalue weighted by Crippen LogP contribution is -2.29. The summed E-state index contributed by atoms with van der Waals surface area (Å²) in [4.78, 5) is 28.2. The van der Waals surface area contributed by atoms with Crippen LogP contribution in [0.15, 0.2) is 24.3 Å². The molecular formula is C19H20FN5OS. The van der Waals surface area contributed by atoms with Crippen LogP contribution in [0.4, 0.5) is 10.3 Å². The van der Waals surface area contributed by atoms with E-state index in [1.54, 1.807) is 6.07 Å². The first kappa shape index (κ1) is 17.8. The van der Waals surface area contributed by atoms with Crippen LogP contribution in [0.2, 0.25) is 0 Å². The highest BCUT2D eigenvalue weighted by molar-refractivity contribution is 7.18. The molecule has 1 aliphatic rings. The fourth-order valence-electron chi connectivity index (χ4n) is 3.26. The van der Waals surface area contributed by atoms with Crippen molar-refractivity contribution in [3.05, 3.63) is 46.3 Å². The van der Waals surface area contributed by atoms with Crippen LogP contribution < -0.4 is 5.32 Å². The van der Waals surface area contributed by atoms with E-state index in [1.807, 2.05) is 24.8 Å². The number of rotatable bonds is 4. The highest BCUT2D eigenvalue weighted by atomic mass is 32.1. The third-order valence-corrected chi connectivity index (χ3v) is 5.62. The molecule has 3 heterocycles. The number of aryl methyl sites for hydroxylation is 1. The first-order chi connectivity index (χ1) is 13.0. The second-order valence-corrected chi connectivity index (χ2v) is 7.90. The molecule has 1 aliphatic heterocycles. The monoisotopic (exact) mass is 385 g/mol. The van der Waals surface area contributed by atoms with Crippen LogP contribution in [0.1, 0.15) is 46.9 Å². The summed E-state index contributed by atoms with van der Waals surface area (Å²) < 4.78 is 14.2. The van der Waals surface area contributed by atoms with Gasteiger partial charge in [0.2, 0.25) is 5.95 Å². The second kappa shape index (κ2) is 7.19. The van der Waals surface area contributed by atoms with E-state index in [-0.39, 0.29) is 17.8 Å². The lowest BCUT2D eigenvalue weighted by Gasteiger charge is -2.17. The van der Waals surface area contributed by atoms with Gasteiger partial charge >= 0.3 is 0 Å². The smallest absolute Gasteiger partial charge is 0.274 e. The lowest BCUT2D eigenvalue weighted by atomic mass is 10.1. The Kier molecular flexibility index (Phi) is 4.73. The fourth-order valence-corrected chi connectivity index (χ4v) is 4.10. The van der Waals surface area contributed by atoms with Gasteiger partial charge < -0.3 is 10.2 Å². The Hall–Kier alpha value is -2.61. The van der Waals surface area contributed by atoms with Gasteiger partial charge in [0.15, 0.2) is 11.3 Å². The van der Waals surface area contributed by atoms with Crippen LogP contribution in [0.25, 0.3) is 10.3 Å². The van der Waals surface area contributed by atoms with Gasteiger partial charge in [-0.1, -0.05) is 12.1 Å². The summed E-state index contributed by atoms with van der Waals surface area (Å²) in [6, 6.07) is 6.16. The molecule has 1 amide bonds. The van der Waals surface area contributed by atoms with Crippen molar-refractivity contribution in [2.75, 3.05) is 18.4 Å². The Morgan fingerprint density at radius 2 is 2.04 bits per heavy atom. The maximum absolute atomic E-state index is 13.5. The standard InChI is InChI=1S/C19H20FN5OS/c1-11(13-6-5-7-14(20)10-13)21-19-23-15(18(26)25-8-3-4-9-25)16-17(24-19)22-12(2)27-16/h5-7,10-11H,3-4,8-9H2,1-2H3,(H,21,23,24)/t11-/m0/s1. The molecule has 3 aromatic rings. The average Bonchev–Trinajstić information content (AvgIpc) is 3.29. The molecule has 1 fully saturated rings. The first-order valence-electron chi connectivity index (χ1n) is 8.98. The molecule has 6 nitrogen and oxygen atoms in total. The molecule has 1 atom stereocenters. The third-order valence-electron chi connectivity index (χ3n) is 4.65. The SMILES string of the molecule is Cc1nc2nc(N[C@@H](C)c3cccc(F)c3)nc(C(=O)N3CCCC3)c2s1. The average molecular weight is 385 g/mol. The van der Waals surface area contributed by atoms with Crippen LogP contribution in [-0.4, -0.2) is 38.8 Å². The second-order valence-electron chi connectivity index (χ2n) is 6.70. The van der Waals surface area contributed by atoms with E-state index in [4.69, 9.17) is 0 Å². The van der Waals surface area contributed by atoms with E-state index in [0.29, 0.717) is 22.0 Å². The summed E-state index contributed by atoms with van der Waals surface area (Å²) >= 11 is 1.43. The molecule has 4 rings (SSSR count). The molecule has 0 unspecified atom stereocenters. The van der Waals surface area contributed by atoms with Crippen LogP contribution >= 0.6 is 11.3 Å². The third kappa shape index (κ3) is 3.62. The number of aromatic nitrogens is 3. The summed E-state index contributed by atoms with van der Waals surface area (Å²) in [5.74, 6) is -0.0466. The van der Waals surface area contributed by atoms with Crippen LogP contribution in [0.5, 0.6) is 0 Å². The predicted octanol–water partition coefficient (Wildman–Crippen LogP) is 3.94. The Morgan fingerprint density at radius 1 is 1.26 bits per heavy atom. The van der Waals surface area contributed by atoms with Gasteiger partial charge in [0.1, 0.15) is 10.5 Å². The number of hydrogen-bond acceptors (Lipinski definition) is 6. The maximum Gasteiger partial charge on any atom is 0.274 e. The minimum absolute atomic E-state index is 0.0787. The molecule has 8 heteroatoms. The largest absolute Gasteiger partial charge is 0.348 e. The number of carbonyl (C=O) groups excluding carboxylic acids is 1. The zero-order valence-electron chi connectivity index (χ0n) is 15.2. The van der Waals surface area contributed by atoms with Gasteiger partial charge in [0.25, 0.3) is 5.91 Å². The quantitative estimate of drug-likeness (QED) is 0.736. The lowest BCUT2D eigenvalue weighted by molar-refractivity contribution is 0.0789. The van der Waals surface area contributed by atoms with Crippen molar-refractivity contribution < 1.29 is 9.18 Å². The number of nitrogens with one attached hydrogen (secondary N) is 1. The van der Waals surface area contributed by atoms with Crippen LogP contribution in [0.3, 0.4) is 0 Å². The van der Waals surface area contributed by atoms with Gasteiger partial charge in [0.05, 0.1) is 11.0 Å². The number of carbonyl (C=O) groups is 1. The number of likely N-dealkylation sites (tertiary alicyclic amines) is 1. The summed E-state index contributed by atoms with van der Waals surface area (Å²) in [6.07, 6.45) is 2.03. The molecule has 27 heavy (non-hydrogen) atoms. The number of benzene rings is 1. The number of hydrogen-bond donors (Lipinski definition) is 1. The Labute approximate surface area is 160 Å². The minimum atomic E-state index is -0.294.